The summed E-state index contributed by atoms with van der Waals surface area (Å²) < 4.78 is 2.15. The number of fused-ring (bicyclic) bond motifs is 2. The second-order valence-corrected chi connectivity index (χ2v) is 6.64. The zero-order valence-electron chi connectivity index (χ0n) is 15.9. The third kappa shape index (κ3) is 4.10. The predicted molar refractivity (Wildman–Crippen MR) is 112 cm³/mol. The summed E-state index contributed by atoms with van der Waals surface area (Å²) in [4.78, 5) is 6.76. The fourth-order valence-corrected chi connectivity index (χ4v) is 3.52. The van der Waals surface area contributed by atoms with Crippen molar-refractivity contribution in [3.05, 3.63) is 66.7 Å². The maximum Gasteiger partial charge on any atom is 0.239 e. The van der Waals surface area contributed by atoms with Crippen molar-refractivity contribution in [3.8, 4) is 5.69 Å². The molecule has 29 heavy (non-hydrogen) atoms. The Balaban J connectivity index is 0.00000240. The molecule has 4 aromatic rings. The summed E-state index contributed by atoms with van der Waals surface area (Å²) in [6.45, 7) is 0.934. The lowest BCUT2D eigenvalue weighted by molar-refractivity contribution is -0.538. The lowest BCUT2D eigenvalue weighted by Gasteiger charge is -2.22. The van der Waals surface area contributed by atoms with E-state index in [1.165, 1.54) is 0 Å². The second-order valence-electron chi connectivity index (χ2n) is 6.64. The van der Waals surface area contributed by atoms with E-state index in [4.69, 9.17) is 10.7 Å². The number of hydrogen-bond acceptors (Lipinski definition) is 5. The molecule has 6 nitrogen and oxygen atoms in total. The van der Waals surface area contributed by atoms with Gasteiger partial charge in [-0.3, -0.25) is 0 Å². The van der Waals surface area contributed by atoms with Crippen molar-refractivity contribution < 1.29 is 27.2 Å². The van der Waals surface area contributed by atoms with E-state index in [0.717, 1.165) is 33.4 Å². The van der Waals surface area contributed by atoms with Crippen LogP contribution in [0.2, 0.25) is 0 Å². The molecule has 0 saturated carbocycles. The highest BCUT2D eigenvalue weighted by Gasteiger charge is 2.21. The van der Waals surface area contributed by atoms with Crippen molar-refractivity contribution in [2.24, 2.45) is 0 Å². The van der Waals surface area contributed by atoms with E-state index in [1.54, 1.807) is 0 Å². The summed E-state index contributed by atoms with van der Waals surface area (Å²) in [6.07, 6.45) is 0. The van der Waals surface area contributed by atoms with Gasteiger partial charge in [0, 0.05) is 48.7 Å². The maximum atomic E-state index is 9.39. The van der Waals surface area contributed by atoms with Gasteiger partial charge in [0.05, 0.1) is 13.2 Å². The van der Waals surface area contributed by atoms with E-state index in [-0.39, 0.29) is 25.6 Å². The fourth-order valence-electron chi connectivity index (χ4n) is 3.52. The quantitative estimate of drug-likeness (QED) is 0.216. The first-order chi connectivity index (χ1) is 13.7. The van der Waals surface area contributed by atoms with Crippen LogP contribution < -0.4 is 27.6 Å². The lowest BCUT2D eigenvalue weighted by atomic mass is 10.1. The van der Waals surface area contributed by atoms with Gasteiger partial charge >= 0.3 is 0 Å². The first-order valence-electron chi connectivity index (χ1n) is 9.28. The molecule has 0 bridgehead atoms. The van der Waals surface area contributed by atoms with Crippen LogP contribution in [0.15, 0.2) is 66.7 Å². The van der Waals surface area contributed by atoms with Crippen LogP contribution in [0.25, 0.3) is 27.8 Å². The molecular formula is C22H23ClN4O2. The molecule has 0 radical (unpaired) electrons. The summed E-state index contributed by atoms with van der Waals surface area (Å²) in [5.41, 5.74) is 12.3. The largest absolute Gasteiger partial charge is 1.00 e. The number of aliphatic hydroxyl groups excluding tert-OH is 2. The zero-order chi connectivity index (χ0) is 19.5. The number of benzene rings is 3. The molecule has 4 rings (SSSR count). The number of nitrogens with zero attached hydrogens (tertiary/aromatic N) is 3. The van der Waals surface area contributed by atoms with Crippen LogP contribution in [0.1, 0.15) is 0 Å². The molecule has 0 aliphatic carbocycles. The average molecular weight is 411 g/mol. The van der Waals surface area contributed by atoms with Gasteiger partial charge in [-0.2, -0.15) is 0 Å². The monoisotopic (exact) mass is 410 g/mol. The minimum atomic E-state index is 0. The number of rotatable bonds is 6. The number of aromatic nitrogens is 2. The van der Waals surface area contributed by atoms with Gasteiger partial charge in [0.15, 0.2) is 0 Å². The van der Waals surface area contributed by atoms with Gasteiger partial charge in [-0.05, 0) is 24.3 Å². The lowest BCUT2D eigenvalue weighted by Crippen LogP contribution is -3.00. The Morgan fingerprint density at radius 1 is 0.828 bits per heavy atom. The standard InChI is InChI=1S/C22H22N4O2.ClH/c23-16-6-8-19-21(14-16)26(17-4-2-1-3-5-17)22-15-18(7-9-20(22)24-19)25(10-12-27)11-13-28;/h1-9,14-15,23,27-28H,10-13H2;1H. The van der Waals surface area contributed by atoms with Gasteiger partial charge in [-0.15, -0.1) is 4.57 Å². The summed E-state index contributed by atoms with van der Waals surface area (Å²) >= 11 is 0. The Hall–Kier alpha value is -2.93. The van der Waals surface area contributed by atoms with E-state index in [1.807, 2.05) is 71.6 Å². The van der Waals surface area contributed by atoms with E-state index < -0.39 is 0 Å². The molecule has 150 valence electrons. The van der Waals surface area contributed by atoms with Gasteiger partial charge in [0.2, 0.25) is 16.7 Å². The summed E-state index contributed by atoms with van der Waals surface area (Å²) in [5.74, 6) is 0. The maximum absolute atomic E-state index is 9.39. The normalized spacial score (nSPS) is 10.8. The second kappa shape index (κ2) is 9.05. The van der Waals surface area contributed by atoms with E-state index >= 15 is 0 Å². The van der Waals surface area contributed by atoms with Crippen LogP contribution in [0.5, 0.6) is 0 Å². The predicted octanol–water partition coefficient (Wildman–Crippen LogP) is -0.958. The van der Waals surface area contributed by atoms with Crippen molar-refractivity contribution in [2.45, 2.75) is 0 Å². The Morgan fingerprint density at radius 2 is 1.45 bits per heavy atom. The van der Waals surface area contributed by atoms with E-state index in [0.29, 0.717) is 18.8 Å². The minimum absolute atomic E-state index is 0. The Labute approximate surface area is 175 Å². The number of anilines is 2. The summed E-state index contributed by atoms with van der Waals surface area (Å²) in [7, 11) is 0. The highest BCUT2D eigenvalue weighted by molar-refractivity contribution is 5.85. The van der Waals surface area contributed by atoms with Crippen LogP contribution in [-0.2, 0) is 0 Å². The summed E-state index contributed by atoms with van der Waals surface area (Å²) in [5, 5.41) is 18.8. The van der Waals surface area contributed by atoms with Gasteiger partial charge in [-0.25, -0.2) is 4.98 Å². The molecule has 0 amide bonds. The molecule has 0 atom stereocenters. The van der Waals surface area contributed by atoms with Crippen molar-refractivity contribution in [1.29, 1.82) is 0 Å². The molecule has 0 aliphatic rings. The first kappa shape index (κ1) is 20.8. The number of halogens is 1. The van der Waals surface area contributed by atoms with Gasteiger partial charge in [0.1, 0.15) is 11.0 Å². The minimum Gasteiger partial charge on any atom is -1.00 e. The van der Waals surface area contributed by atoms with E-state index in [9.17, 15) is 10.2 Å². The number of hydrogen-bond donors (Lipinski definition) is 3. The van der Waals surface area contributed by atoms with Crippen molar-refractivity contribution in [1.82, 2.24) is 4.98 Å². The molecule has 3 aromatic carbocycles. The Morgan fingerprint density at radius 3 is 2.10 bits per heavy atom. The van der Waals surface area contributed by atoms with E-state index in [2.05, 4.69) is 4.57 Å². The third-order valence-corrected chi connectivity index (χ3v) is 4.80. The van der Waals surface area contributed by atoms with Crippen molar-refractivity contribution in [2.75, 3.05) is 36.9 Å². The van der Waals surface area contributed by atoms with Crippen LogP contribution in [0.4, 0.5) is 11.4 Å². The average Bonchev–Trinajstić information content (AvgIpc) is 2.72. The SMILES string of the molecule is Nc1ccc2nc3ccc(N(CCO)CCO)cc3[n+](-c3ccccc3)c2c1.[Cl-]. The number of aliphatic hydroxyl groups is 2. The molecule has 1 heterocycles. The molecule has 0 fully saturated rings. The summed E-state index contributed by atoms with van der Waals surface area (Å²) in [6, 6.07) is 21.8. The number of para-hydroxylation sites is 1. The fraction of sp³-hybridized carbons (Fsp3) is 0.182. The van der Waals surface area contributed by atoms with Crippen molar-refractivity contribution in [3.63, 3.8) is 0 Å². The number of nitrogen functional groups attached to an aromatic ring is 1. The third-order valence-electron chi connectivity index (χ3n) is 4.80. The molecule has 1 aromatic heterocycles. The highest BCUT2D eigenvalue weighted by atomic mass is 35.5. The molecule has 0 saturated heterocycles. The molecule has 7 heteroatoms. The van der Waals surface area contributed by atoms with Crippen LogP contribution in [0.3, 0.4) is 0 Å². The van der Waals surface area contributed by atoms with Crippen LogP contribution in [-0.4, -0.2) is 41.5 Å². The smallest absolute Gasteiger partial charge is 0.239 e. The molecule has 4 N–H and O–H groups in total. The van der Waals surface area contributed by atoms with Crippen molar-refractivity contribution >= 4 is 33.4 Å². The number of nitrogens with two attached hydrogens (primary N) is 1. The Bertz CT molecular complexity index is 1120. The van der Waals surface area contributed by atoms with Gasteiger partial charge < -0.3 is 33.3 Å². The molecule has 0 spiro atoms. The first-order valence-corrected chi connectivity index (χ1v) is 9.28. The van der Waals surface area contributed by atoms with Gasteiger partial charge in [0.25, 0.3) is 0 Å². The highest BCUT2D eigenvalue weighted by Crippen LogP contribution is 2.23. The Kier molecular flexibility index (Phi) is 6.49. The molecular weight excluding hydrogens is 388 g/mol. The molecule has 0 unspecified atom stereocenters. The van der Waals surface area contributed by atoms with Crippen LogP contribution >= 0.6 is 0 Å². The topological polar surface area (TPSA) is 86.5 Å². The molecule has 0 aliphatic heterocycles. The van der Waals surface area contributed by atoms with Gasteiger partial charge in [-0.1, -0.05) is 18.2 Å². The zero-order valence-corrected chi connectivity index (χ0v) is 16.6. The van der Waals surface area contributed by atoms with Crippen LogP contribution in [0, 0.1) is 0 Å².